The molecule has 6 nitrogen and oxygen atoms in total. The molecule has 0 atom stereocenters. The molecule has 154 valence electrons. The van der Waals surface area contributed by atoms with Gasteiger partial charge in [-0.3, -0.25) is 9.69 Å². The molecule has 0 aromatic heterocycles. The minimum absolute atomic E-state index is 0.00118. The number of hydrogen-bond acceptors (Lipinski definition) is 5. The largest absolute Gasteiger partial charge is 0.493 e. The third-order valence-corrected chi connectivity index (χ3v) is 5.60. The monoisotopic (exact) mass is 459 g/mol. The molecule has 3 rings (SSSR count). The van der Waals surface area contributed by atoms with Crippen LogP contribution >= 0.6 is 15.9 Å². The lowest BCUT2D eigenvalue weighted by Crippen LogP contribution is -2.39. The summed E-state index contributed by atoms with van der Waals surface area (Å²) in [5.41, 5.74) is 4.79. The van der Waals surface area contributed by atoms with Crippen LogP contribution < -0.4 is 14.9 Å². The number of nitrogens with one attached hydrogen (secondary N) is 1. The number of ether oxygens (including phenoxy) is 2. The second-order valence-electron chi connectivity index (χ2n) is 7.03. The molecule has 1 amide bonds. The minimum Gasteiger partial charge on any atom is -0.493 e. The first-order chi connectivity index (χ1) is 14.1. The number of likely N-dealkylation sites (tertiary alicyclic amines) is 1. The number of hydrogen-bond donors (Lipinski definition) is 1. The van der Waals surface area contributed by atoms with Gasteiger partial charge in [-0.2, -0.15) is 5.10 Å². The van der Waals surface area contributed by atoms with Crippen LogP contribution in [0.4, 0.5) is 0 Å². The highest BCUT2D eigenvalue weighted by molar-refractivity contribution is 9.10. The summed E-state index contributed by atoms with van der Waals surface area (Å²) in [6.07, 6.45) is 3.30. The first-order valence-electron chi connectivity index (χ1n) is 9.61. The molecule has 0 bridgehead atoms. The Morgan fingerprint density at radius 1 is 1.14 bits per heavy atom. The van der Waals surface area contributed by atoms with E-state index in [1.165, 1.54) is 5.56 Å². The molecule has 0 saturated carbocycles. The van der Waals surface area contributed by atoms with Crippen molar-refractivity contribution in [2.24, 2.45) is 11.0 Å². The molecule has 2 aromatic carbocycles. The van der Waals surface area contributed by atoms with Gasteiger partial charge >= 0.3 is 0 Å². The molecule has 1 aliphatic rings. The Labute approximate surface area is 180 Å². The summed E-state index contributed by atoms with van der Waals surface area (Å²) >= 11 is 3.46. The number of methoxy groups -OCH3 is 2. The van der Waals surface area contributed by atoms with E-state index in [1.54, 1.807) is 20.4 Å². The Morgan fingerprint density at radius 3 is 2.48 bits per heavy atom. The summed E-state index contributed by atoms with van der Waals surface area (Å²) in [5, 5.41) is 4.10. The van der Waals surface area contributed by atoms with E-state index in [0.717, 1.165) is 42.5 Å². The van der Waals surface area contributed by atoms with Crippen LogP contribution in [-0.4, -0.2) is 44.3 Å². The Bertz CT molecular complexity index is 847. The lowest BCUT2D eigenvalue weighted by molar-refractivity contribution is -0.126. The van der Waals surface area contributed by atoms with Crippen molar-refractivity contribution < 1.29 is 14.3 Å². The van der Waals surface area contributed by atoms with Crippen LogP contribution in [0, 0.1) is 5.92 Å². The zero-order valence-corrected chi connectivity index (χ0v) is 18.3. The quantitative estimate of drug-likeness (QED) is 0.504. The molecular formula is C22H26BrN3O3. The molecular weight excluding hydrogens is 434 g/mol. The number of rotatable bonds is 7. The number of halogens is 1. The highest BCUT2D eigenvalue weighted by atomic mass is 79.9. The molecule has 1 N–H and O–H groups in total. The van der Waals surface area contributed by atoms with E-state index in [9.17, 15) is 4.79 Å². The van der Waals surface area contributed by atoms with Crippen LogP contribution in [0.2, 0.25) is 0 Å². The fourth-order valence-corrected chi connectivity index (χ4v) is 3.66. The lowest BCUT2D eigenvalue weighted by Gasteiger charge is -2.30. The van der Waals surface area contributed by atoms with Crippen LogP contribution in [0.15, 0.2) is 52.0 Å². The van der Waals surface area contributed by atoms with Crippen molar-refractivity contribution in [2.75, 3.05) is 27.3 Å². The maximum atomic E-state index is 12.4. The normalized spacial score (nSPS) is 15.4. The van der Waals surface area contributed by atoms with Crippen molar-refractivity contribution in [1.82, 2.24) is 10.3 Å². The molecule has 29 heavy (non-hydrogen) atoms. The first-order valence-corrected chi connectivity index (χ1v) is 10.4. The molecule has 1 saturated heterocycles. The molecule has 0 spiro atoms. The van der Waals surface area contributed by atoms with Crippen molar-refractivity contribution in [3.63, 3.8) is 0 Å². The van der Waals surface area contributed by atoms with Gasteiger partial charge in [-0.1, -0.05) is 28.1 Å². The Hall–Kier alpha value is -2.38. The molecule has 0 aliphatic carbocycles. The number of benzene rings is 2. The Kier molecular flexibility index (Phi) is 7.66. The van der Waals surface area contributed by atoms with Gasteiger partial charge in [-0.05, 0) is 67.4 Å². The van der Waals surface area contributed by atoms with Crippen molar-refractivity contribution in [3.8, 4) is 11.5 Å². The molecule has 1 fully saturated rings. The Balaban J connectivity index is 1.46. The third kappa shape index (κ3) is 6.05. The van der Waals surface area contributed by atoms with E-state index in [-0.39, 0.29) is 11.8 Å². The predicted octanol–water partition coefficient (Wildman–Crippen LogP) is 3.83. The van der Waals surface area contributed by atoms with Gasteiger partial charge in [0.05, 0.1) is 20.4 Å². The van der Waals surface area contributed by atoms with Gasteiger partial charge in [0.25, 0.3) is 0 Å². The summed E-state index contributed by atoms with van der Waals surface area (Å²) in [6, 6.07) is 13.9. The molecule has 1 heterocycles. The van der Waals surface area contributed by atoms with Crippen LogP contribution in [0.3, 0.4) is 0 Å². The standard InChI is InChI=1S/C22H26BrN3O3/c1-28-20-8-5-17(13-21(20)29-2)14-24-25-22(27)18-9-11-26(12-10-18)15-16-3-6-19(23)7-4-16/h3-8,13-14,18H,9-12,15H2,1-2H3,(H,25,27). The van der Waals surface area contributed by atoms with E-state index >= 15 is 0 Å². The number of hydrazone groups is 1. The zero-order chi connectivity index (χ0) is 20.6. The van der Waals surface area contributed by atoms with Gasteiger partial charge in [0.1, 0.15) is 0 Å². The average Bonchev–Trinajstić information content (AvgIpc) is 2.75. The number of carbonyl (C=O) groups is 1. The molecule has 7 heteroatoms. The predicted molar refractivity (Wildman–Crippen MR) is 117 cm³/mol. The van der Waals surface area contributed by atoms with Crippen molar-refractivity contribution in [1.29, 1.82) is 0 Å². The minimum atomic E-state index is -0.0231. The second-order valence-corrected chi connectivity index (χ2v) is 7.94. The van der Waals surface area contributed by atoms with Gasteiger partial charge in [-0.15, -0.1) is 0 Å². The first kappa shape index (κ1) is 21.3. The summed E-state index contributed by atoms with van der Waals surface area (Å²) < 4.78 is 11.6. The van der Waals surface area contributed by atoms with E-state index in [1.807, 2.05) is 18.2 Å². The average molecular weight is 460 g/mol. The van der Waals surface area contributed by atoms with Crippen molar-refractivity contribution in [3.05, 3.63) is 58.1 Å². The summed E-state index contributed by atoms with van der Waals surface area (Å²) in [7, 11) is 3.18. The highest BCUT2D eigenvalue weighted by Crippen LogP contribution is 2.27. The van der Waals surface area contributed by atoms with Crippen molar-refractivity contribution in [2.45, 2.75) is 19.4 Å². The maximum Gasteiger partial charge on any atom is 0.243 e. The fourth-order valence-electron chi connectivity index (χ4n) is 3.40. The molecule has 0 unspecified atom stereocenters. The number of carbonyl (C=O) groups excluding carboxylic acids is 1. The SMILES string of the molecule is COc1ccc(C=NNC(=O)C2CCN(Cc3ccc(Br)cc3)CC2)cc1OC. The van der Waals surface area contributed by atoms with Gasteiger partial charge < -0.3 is 9.47 Å². The summed E-state index contributed by atoms with van der Waals surface area (Å²) in [4.78, 5) is 14.8. The molecule has 2 aromatic rings. The second kappa shape index (κ2) is 10.4. The van der Waals surface area contributed by atoms with Gasteiger partial charge in [0.2, 0.25) is 5.91 Å². The summed E-state index contributed by atoms with van der Waals surface area (Å²) in [5.74, 6) is 1.26. The smallest absolute Gasteiger partial charge is 0.243 e. The van der Waals surface area contributed by atoms with E-state index < -0.39 is 0 Å². The Morgan fingerprint density at radius 2 is 1.83 bits per heavy atom. The zero-order valence-electron chi connectivity index (χ0n) is 16.7. The van der Waals surface area contributed by atoms with Gasteiger partial charge in [-0.25, -0.2) is 5.43 Å². The van der Waals surface area contributed by atoms with E-state index in [4.69, 9.17) is 9.47 Å². The maximum absolute atomic E-state index is 12.4. The van der Waals surface area contributed by atoms with Crippen molar-refractivity contribution >= 4 is 28.1 Å². The number of piperidine rings is 1. The topological polar surface area (TPSA) is 63.2 Å². The number of nitrogens with zero attached hydrogens (tertiary/aromatic N) is 2. The van der Waals surface area contributed by atoms with Crippen LogP contribution in [-0.2, 0) is 11.3 Å². The summed E-state index contributed by atoms with van der Waals surface area (Å²) in [6.45, 7) is 2.74. The van der Waals surface area contributed by atoms with E-state index in [0.29, 0.717) is 11.5 Å². The fraction of sp³-hybridized carbons (Fsp3) is 0.364. The lowest BCUT2D eigenvalue weighted by atomic mass is 9.96. The third-order valence-electron chi connectivity index (χ3n) is 5.07. The number of amides is 1. The van der Waals surface area contributed by atoms with Crippen LogP contribution in [0.25, 0.3) is 0 Å². The molecule has 1 aliphatic heterocycles. The van der Waals surface area contributed by atoms with Gasteiger partial charge in [0.15, 0.2) is 11.5 Å². The molecule has 0 radical (unpaired) electrons. The van der Waals surface area contributed by atoms with E-state index in [2.05, 4.69) is 55.6 Å². The van der Waals surface area contributed by atoms with Crippen LogP contribution in [0.5, 0.6) is 11.5 Å². The van der Waals surface area contributed by atoms with Crippen LogP contribution in [0.1, 0.15) is 24.0 Å². The highest BCUT2D eigenvalue weighted by Gasteiger charge is 2.24. The van der Waals surface area contributed by atoms with Gasteiger partial charge in [0, 0.05) is 16.9 Å².